The molecule has 46 heavy (non-hydrogen) atoms. The molecule has 5 rings (SSSR count). The number of hydrogen-bond donors (Lipinski definition) is 1. The molecule has 2 heterocycles. The van der Waals surface area contributed by atoms with Crippen LogP contribution in [0.2, 0.25) is 0 Å². The number of halogens is 3. The Morgan fingerprint density at radius 2 is 1.67 bits per heavy atom. The Kier molecular flexibility index (Phi) is 9.37. The van der Waals surface area contributed by atoms with Crippen molar-refractivity contribution < 1.29 is 32.2 Å². The van der Waals surface area contributed by atoms with Gasteiger partial charge in [-0.25, -0.2) is 14.5 Å². The lowest BCUT2D eigenvalue weighted by Crippen LogP contribution is -2.31. The summed E-state index contributed by atoms with van der Waals surface area (Å²) >= 11 is 1.19. The number of aliphatic imine (C=N–C) groups is 1. The number of carbonyl (C=O) groups is 2. The molecule has 1 N–H and O–H groups in total. The van der Waals surface area contributed by atoms with Crippen LogP contribution in [-0.2, 0) is 4.79 Å². The first-order valence-electron chi connectivity index (χ1n) is 14.3. The minimum Gasteiger partial charge on any atom is -0.497 e. The van der Waals surface area contributed by atoms with E-state index in [4.69, 9.17) is 4.74 Å². The fraction of sp³-hybridized carbons (Fsp3) is 0.281. The van der Waals surface area contributed by atoms with Gasteiger partial charge < -0.3 is 14.8 Å². The van der Waals surface area contributed by atoms with Gasteiger partial charge in [-0.05, 0) is 71.5 Å². The second-order valence-corrected chi connectivity index (χ2v) is 11.9. The molecule has 3 aromatic carbocycles. The zero-order valence-corrected chi connectivity index (χ0v) is 26.4. The Balaban J connectivity index is 1.37. The second kappa shape index (κ2) is 13.3. The summed E-state index contributed by atoms with van der Waals surface area (Å²) in [6.07, 6.45) is -3.33. The Labute approximate surface area is 267 Å². The number of alkyl halides is 3. The van der Waals surface area contributed by atoms with Crippen molar-refractivity contribution in [2.75, 3.05) is 23.1 Å². The molecule has 0 spiro atoms. The van der Waals surface area contributed by atoms with Crippen molar-refractivity contribution in [3.8, 4) is 28.6 Å². The number of amidine groups is 1. The summed E-state index contributed by atoms with van der Waals surface area (Å²) in [7, 11) is 1.55. The van der Waals surface area contributed by atoms with E-state index in [2.05, 4.69) is 25.1 Å². The number of rotatable bonds is 8. The normalized spacial score (nSPS) is 14.4. The number of nitrogens with one attached hydrogen (secondary N) is 1. The predicted octanol–water partition coefficient (Wildman–Crippen LogP) is 7.76. The summed E-state index contributed by atoms with van der Waals surface area (Å²) in [5, 5.41) is 7.60. The molecular weight excluding hydrogens is 621 g/mol. The van der Waals surface area contributed by atoms with Gasteiger partial charge in [0.05, 0.1) is 24.2 Å². The lowest BCUT2D eigenvalue weighted by molar-refractivity contribution is -0.274. The van der Waals surface area contributed by atoms with Crippen LogP contribution in [-0.4, -0.2) is 51.1 Å². The number of anilines is 2. The molecule has 0 radical (unpaired) electrons. The zero-order valence-electron chi connectivity index (χ0n) is 25.6. The fourth-order valence-corrected chi connectivity index (χ4v) is 5.72. The van der Waals surface area contributed by atoms with Crippen molar-refractivity contribution in [2.24, 2.45) is 4.99 Å². The van der Waals surface area contributed by atoms with E-state index in [-0.39, 0.29) is 34.4 Å². The molecule has 0 saturated carbocycles. The zero-order chi connectivity index (χ0) is 33.2. The molecule has 10 nitrogen and oxygen atoms in total. The monoisotopic (exact) mass is 652 g/mol. The molecule has 0 unspecified atom stereocenters. The number of aromatic nitrogens is 3. The molecule has 1 aliphatic heterocycles. The average molecular weight is 653 g/mol. The molecule has 1 aromatic heterocycles. The second-order valence-electron chi connectivity index (χ2n) is 10.9. The third-order valence-electron chi connectivity index (χ3n) is 7.06. The van der Waals surface area contributed by atoms with Gasteiger partial charge in [0.1, 0.15) is 17.8 Å². The number of benzene rings is 3. The summed E-state index contributed by atoms with van der Waals surface area (Å²) in [4.78, 5) is 36.3. The van der Waals surface area contributed by atoms with Crippen molar-refractivity contribution in [3.63, 3.8) is 0 Å². The van der Waals surface area contributed by atoms with E-state index >= 15 is 0 Å². The molecular formula is C32H31F3N6O4S. The molecule has 240 valence electrons. The van der Waals surface area contributed by atoms with Gasteiger partial charge in [-0.2, -0.15) is 4.99 Å². The van der Waals surface area contributed by atoms with E-state index < -0.39 is 12.4 Å². The SMILES string of the molecule is COc1ccc(C(C)C)c(N2C(=O)CS/C2=N\C(=O)Nc2ccc(-c3ncn(-c4ccc(OC(F)(F)F)cc4)n3)cc2C(C)C)c1. The third kappa shape index (κ3) is 7.33. The lowest BCUT2D eigenvalue weighted by Gasteiger charge is -2.22. The van der Waals surface area contributed by atoms with Crippen LogP contribution in [0, 0.1) is 0 Å². The first-order chi connectivity index (χ1) is 21.8. The van der Waals surface area contributed by atoms with Crippen LogP contribution < -0.4 is 19.7 Å². The maximum atomic E-state index is 13.2. The highest BCUT2D eigenvalue weighted by molar-refractivity contribution is 8.15. The summed E-state index contributed by atoms with van der Waals surface area (Å²) in [5.74, 6) is 0.701. The van der Waals surface area contributed by atoms with Gasteiger partial charge in [0, 0.05) is 17.3 Å². The number of amides is 3. The van der Waals surface area contributed by atoms with Gasteiger partial charge in [-0.1, -0.05) is 45.5 Å². The minimum absolute atomic E-state index is 0.00418. The van der Waals surface area contributed by atoms with Gasteiger partial charge in [-0.3, -0.25) is 9.69 Å². The molecule has 1 aliphatic rings. The smallest absolute Gasteiger partial charge is 0.497 e. The van der Waals surface area contributed by atoms with E-state index in [9.17, 15) is 22.8 Å². The standard InChI is InChI=1S/C32H31F3N6O4S/c1-18(2)24-12-11-23(44-5)15-27(24)41-28(42)16-46-31(41)38-30(43)37-26-13-6-20(14-25(26)19(3)4)29-36-17-40(39-29)21-7-9-22(10-8-21)45-32(33,34)35/h6-15,17-19H,16H2,1-5H3,(H,37,43)/b38-31-. The Hall–Kier alpha value is -4.85. The molecule has 1 saturated heterocycles. The first kappa shape index (κ1) is 32.5. The van der Waals surface area contributed by atoms with E-state index in [1.807, 2.05) is 45.9 Å². The molecule has 0 atom stereocenters. The number of thioether (sulfide) groups is 1. The maximum Gasteiger partial charge on any atom is 0.573 e. The van der Waals surface area contributed by atoms with E-state index in [0.717, 1.165) is 11.1 Å². The van der Waals surface area contributed by atoms with E-state index in [0.29, 0.717) is 34.2 Å². The van der Waals surface area contributed by atoms with Gasteiger partial charge in [0.15, 0.2) is 11.0 Å². The third-order valence-corrected chi connectivity index (χ3v) is 7.99. The van der Waals surface area contributed by atoms with Crippen molar-refractivity contribution in [1.29, 1.82) is 0 Å². The Morgan fingerprint density at radius 3 is 2.33 bits per heavy atom. The molecule has 0 aliphatic carbocycles. The van der Waals surface area contributed by atoms with Crippen LogP contribution in [0.1, 0.15) is 50.7 Å². The quantitative estimate of drug-likeness (QED) is 0.207. The van der Waals surface area contributed by atoms with Crippen LogP contribution in [0.25, 0.3) is 17.1 Å². The fourth-order valence-electron chi connectivity index (χ4n) is 4.86. The van der Waals surface area contributed by atoms with Crippen molar-refractivity contribution >= 4 is 40.2 Å². The number of ether oxygens (including phenoxy) is 2. The number of hydrogen-bond acceptors (Lipinski definition) is 7. The van der Waals surface area contributed by atoms with Crippen LogP contribution in [0.5, 0.6) is 11.5 Å². The van der Waals surface area contributed by atoms with Crippen molar-refractivity contribution in [2.45, 2.75) is 45.9 Å². The highest BCUT2D eigenvalue weighted by Gasteiger charge is 2.33. The number of urea groups is 1. The topological polar surface area (TPSA) is 111 Å². The summed E-state index contributed by atoms with van der Waals surface area (Å²) in [6.45, 7) is 7.99. The van der Waals surface area contributed by atoms with Crippen molar-refractivity contribution in [1.82, 2.24) is 14.8 Å². The predicted molar refractivity (Wildman–Crippen MR) is 171 cm³/mol. The first-order valence-corrected chi connectivity index (χ1v) is 15.3. The number of methoxy groups -OCH3 is 1. The maximum absolute atomic E-state index is 13.2. The average Bonchev–Trinajstić information content (AvgIpc) is 3.63. The summed E-state index contributed by atoms with van der Waals surface area (Å²) < 4.78 is 48.2. The van der Waals surface area contributed by atoms with Crippen LogP contribution in [0.4, 0.5) is 29.3 Å². The largest absolute Gasteiger partial charge is 0.573 e. The van der Waals surface area contributed by atoms with Crippen molar-refractivity contribution in [3.05, 3.63) is 78.1 Å². The molecule has 0 bridgehead atoms. The summed E-state index contributed by atoms with van der Waals surface area (Å²) in [6, 6.07) is 15.5. The highest BCUT2D eigenvalue weighted by Crippen LogP contribution is 2.36. The minimum atomic E-state index is -4.78. The Morgan fingerprint density at radius 1 is 0.978 bits per heavy atom. The van der Waals surface area contributed by atoms with E-state index in [1.54, 1.807) is 25.3 Å². The lowest BCUT2D eigenvalue weighted by atomic mass is 9.98. The number of carbonyl (C=O) groups excluding carboxylic acids is 2. The molecule has 14 heteroatoms. The van der Waals surface area contributed by atoms with Gasteiger partial charge in [0.25, 0.3) is 0 Å². The van der Waals surface area contributed by atoms with Crippen LogP contribution >= 0.6 is 11.8 Å². The Bertz CT molecular complexity index is 1790. The molecule has 3 amide bonds. The highest BCUT2D eigenvalue weighted by atomic mass is 32.2. The van der Waals surface area contributed by atoms with Gasteiger partial charge in [-0.15, -0.1) is 18.3 Å². The molecule has 4 aromatic rings. The summed E-state index contributed by atoms with van der Waals surface area (Å²) in [5.41, 5.74) is 4.06. The molecule has 1 fully saturated rings. The van der Waals surface area contributed by atoms with Crippen LogP contribution in [0.3, 0.4) is 0 Å². The van der Waals surface area contributed by atoms with Gasteiger partial charge in [0.2, 0.25) is 5.91 Å². The van der Waals surface area contributed by atoms with Gasteiger partial charge >= 0.3 is 12.4 Å². The van der Waals surface area contributed by atoms with Crippen LogP contribution in [0.15, 0.2) is 72.0 Å². The number of nitrogens with zero attached hydrogens (tertiary/aromatic N) is 5. The van der Waals surface area contributed by atoms with E-state index in [1.165, 1.54) is 51.9 Å².